The van der Waals surface area contributed by atoms with Crippen molar-refractivity contribution in [2.45, 2.75) is 6.61 Å². The maximum atomic E-state index is 11.7. The van der Waals surface area contributed by atoms with Crippen LogP contribution in [0.25, 0.3) is 17.3 Å². The Morgan fingerprint density at radius 1 is 1.15 bits per heavy atom. The van der Waals surface area contributed by atoms with Crippen LogP contribution >= 0.6 is 11.6 Å². The highest BCUT2D eigenvalue weighted by Crippen LogP contribution is 2.23. The van der Waals surface area contributed by atoms with Gasteiger partial charge in [-0.2, -0.15) is 5.10 Å². The van der Waals surface area contributed by atoms with Gasteiger partial charge in [0, 0.05) is 22.7 Å². The van der Waals surface area contributed by atoms with Crippen molar-refractivity contribution in [2.24, 2.45) is 0 Å². The number of benzene rings is 2. The Hall–Kier alpha value is -3.05. The molecule has 26 heavy (non-hydrogen) atoms. The monoisotopic (exact) mass is 367 g/mol. The van der Waals surface area contributed by atoms with Crippen molar-refractivity contribution in [3.63, 3.8) is 0 Å². The van der Waals surface area contributed by atoms with Crippen LogP contribution in [0.4, 0.5) is 4.79 Å². The number of hydrogen-bond acceptors (Lipinski definition) is 3. The van der Waals surface area contributed by atoms with Crippen molar-refractivity contribution in [1.29, 1.82) is 0 Å². The molecule has 0 aliphatic heterocycles. The molecule has 0 saturated heterocycles. The second-order valence-electron chi connectivity index (χ2n) is 5.55. The molecule has 132 valence electrons. The van der Waals surface area contributed by atoms with Gasteiger partial charge in [0.15, 0.2) is 0 Å². The van der Waals surface area contributed by atoms with E-state index in [2.05, 4.69) is 15.5 Å². The zero-order valence-electron chi connectivity index (χ0n) is 14.0. The molecule has 6 heteroatoms. The van der Waals surface area contributed by atoms with Crippen LogP contribution in [0.3, 0.4) is 0 Å². The molecule has 3 aromatic rings. The number of aromatic amines is 1. The van der Waals surface area contributed by atoms with Crippen molar-refractivity contribution in [3.05, 3.63) is 83.0 Å². The molecule has 0 fully saturated rings. The van der Waals surface area contributed by atoms with E-state index in [-0.39, 0.29) is 6.61 Å². The van der Waals surface area contributed by atoms with Crippen LogP contribution in [0.2, 0.25) is 5.02 Å². The van der Waals surface area contributed by atoms with Crippen LogP contribution in [0.5, 0.6) is 0 Å². The number of H-pyrrole nitrogens is 1. The summed E-state index contributed by atoms with van der Waals surface area (Å²) in [7, 11) is 0. The lowest BCUT2D eigenvalue weighted by Gasteiger charge is -2.05. The second kappa shape index (κ2) is 8.87. The molecule has 0 aliphatic rings. The van der Waals surface area contributed by atoms with Gasteiger partial charge in [-0.15, -0.1) is 0 Å². The molecule has 0 radical (unpaired) electrons. The maximum Gasteiger partial charge on any atom is 0.407 e. The van der Waals surface area contributed by atoms with E-state index >= 15 is 0 Å². The predicted octanol–water partition coefficient (Wildman–Crippen LogP) is 4.67. The highest BCUT2D eigenvalue weighted by Gasteiger charge is 2.05. The van der Waals surface area contributed by atoms with Crippen molar-refractivity contribution in [3.8, 4) is 11.3 Å². The van der Waals surface area contributed by atoms with Gasteiger partial charge < -0.3 is 10.1 Å². The number of nitrogens with one attached hydrogen (secondary N) is 2. The highest BCUT2D eigenvalue weighted by molar-refractivity contribution is 6.30. The molecule has 1 aromatic heterocycles. The molecule has 0 bridgehead atoms. The van der Waals surface area contributed by atoms with Gasteiger partial charge in [-0.25, -0.2) is 4.79 Å². The molecule has 5 nitrogen and oxygen atoms in total. The minimum atomic E-state index is -0.455. The fourth-order valence-corrected chi connectivity index (χ4v) is 2.50. The number of carbonyl (C=O) groups excluding carboxylic acids is 1. The molecular formula is C20H18ClN3O2. The molecule has 1 heterocycles. The fourth-order valence-electron chi connectivity index (χ4n) is 2.37. The lowest BCUT2D eigenvalue weighted by molar-refractivity contribution is 0.141. The number of amides is 1. The van der Waals surface area contributed by atoms with E-state index in [0.29, 0.717) is 11.6 Å². The van der Waals surface area contributed by atoms with E-state index in [1.165, 1.54) is 0 Å². The highest BCUT2D eigenvalue weighted by atomic mass is 35.5. The molecule has 0 spiro atoms. The summed E-state index contributed by atoms with van der Waals surface area (Å²) < 4.78 is 5.15. The first-order valence-electron chi connectivity index (χ1n) is 8.13. The molecule has 0 aliphatic carbocycles. The van der Waals surface area contributed by atoms with E-state index in [0.717, 1.165) is 22.4 Å². The molecule has 0 saturated carbocycles. The average molecular weight is 368 g/mol. The summed E-state index contributed by atoms with van der Waals surface area (Å²) in [5, 5.41) is 10.4. The van der Waals surface area contributed by atoms with E-state index in [1.807, 2.05) is 66.7 Å². The van der Waals surface area contributed by atoms with Crippen molar-refractivity contribution in [1.82, 2.24) is 15.5 Å². The largest absolute Gasteiger partial charge is 0.445 e. The molecule has 3 rings (SSSR count). The van der Waals surface area contributed by atoms with Gasteiger partial charge in [-0.3, -0.25) is 5.10 Å². The molecule has 2 aromatic carbocycles. The summed E-state index contributed by atoms with van der Waals surface area (Å²) in [5.41, 5.74) is 3.75. The fraction of sp³-hybridized carbons (Fsp3) is 0.100. The van der Waals surface area contributed by atoms with Crippen molar-refractivity contribution in [2.75, 3.05) is 6.54 Å². The van der Waals surface area contributed by atoms with E-state index in [4.69, 9.17) is 16.3 Å². The smallest absolute Gasteiger partial charge is 0.407 e. The second-order valence-corrected chi connectivity index (χ2v) is 5.99. The number of aromatic nitrogens is 2. The number of carbonyl (C=O) groups is 1. The van der Waals surface area contributed by atoms with Gasteiger partial charge in [0.1, 0.15) is 6.61 Å². The Labute approximate surface area is 156 Å². The van der Waals surface area contributed by atoms with Gasteiger partial charge in [0.25, 0.3) is 0 Å². The lowest BCUT2D eigenvalue weighted by Crippen LogP contribution is -2.24. The number of alkyl carbamates (subject to hydrolysis) is 1. The van der Waals surface area contributed by atoms with Crippen LogP contribution in [0.1, 0.15) is 11.1 Å². The number of hydrogen-bond donors (Lipinski definition) is 2. The SMILES string of the molecule is O=C(NCC=Cc1cn[nH]c1-c1ccc(Cl)cc1)OCc1ccccc1. The van der Waals surface area contributed by atoms with Gasteiger partial charge in [0.05, 0.1) is 11.9 Å². The number of rotatable bonds is 6. The standard InChI is InChI=1S/C20H18ClN3O2/c21-18-10-8-16(9-11-18)19-17(13-23-24-19)7-4-12-22-20(25)26-14-15-5-2-1-3-6-15/h1-11,13H,12,14H2,(H,22,25)(H,23,24). The number of halogens is 1. The molecular weight excluding hydrogens is 350 g/mol. The first-order chi connectivity index (χ1) is 12.7. The first-order valence-corrected chi connectivity index (χ1v) is 8.50. The number of nitrogens with zero attached hydrogens (tertiary/aromatic N) is 1. The minimum absolute atomic E-state index is 0.249. The van der Waals surface area contributed by atoms with Crippen LogP contribution in [0, 0.1) is 0 Å². The van der Waals surface area contributed by atoms with Gasteiger partial charge in [-0.1, -0.05) is 66.2 Å². The van der Waals surface area contributed by atoms with E-state index < -0.39 is 6.09 Å². The summed E-state index contributed by atoms with van der Waals surface area (Å²) in [6.45, 7) is 0.609. The Morgan fingerprint density at radius 3 is 2.69 bits per heavy atom. The quantitative estimate of drug-likeness (QED) is 0.665. The van der Waals surface area contributed by atoms with Crippen molar-refractivity contribution < 1.29 is 9.53 Å². The molecule has 2 N–H and O–H groups in total. The van der Waals surface area contributed by atoms with Gasteiger partial charge >= 0.3 is 6.09 Å². The Kier molecular flexibility index (Phi) is 6.06. The summed E-state index contributed by atoms with van der Waals surface area (Å²) in [6.07, 6.45) is 5.01. The summed E-state index contributed by atoms with van der Waals surface area (Å²) in [4.78, 5) is 11.7. The Bertz CT molecular complexity index is 874. The topological polar surface area (TPSA) is 67.0 Å². The van der Waals surface area contributed by atoms with Crippen LogP contribution < -0.4 is 5.32 Å². The first kappa shape index (κ1) is 17.8. The number of ether oxygens (including phenoxy) is 1. The van der Waals surface area contributed by atoms with Crippen LogP contribution in [0.15, 0.2) is 66.9 Å². The summed E-state index contributed by atoms with van der Waals surface area (Å²) in [6, 6.07) is 17.0. The third kappa shape index (κ3) is 4.97. The maximum absolute atomic E-state index is 11.7. The van der Waals surface area contributed by atoms with Crippen LogP contribution in [-0.4, -0.2) is 22.8 Å². The average Bonchev–Trinajstić information content (AvgIpc) is 3.13. The van der Waals surface area contributed by atoms with E-state index in [1.54, 1.807) is 6.20 Å². The molecule has 0 unspecified atom stereocenters. The summed E-state index contributed by atoms with van der Waals surface area (Å²) in [5.74, 6) is 0. The molecule has 0 atom stereocenters. The van der Waals surface area contributed by atoms with Gasteiger partial charge in [-0.05, 0) is 17.7 Å². The Balaban J connectivity index is 1.49. The van der Waals surface area contributed by atoms with Crippen molar-refractivity contribution >= 4 is 23.8 Å². The summed E-state index contributed by atoms with van der Waals surface area (Å²) >= 11 is 5.92. The Morgan fingerprint density at radius 2 is 1.92 bits per heavy atom. The zero-order valence-corrected chi connectivity index (χ0v) is 14.7. The van der Waals surface area contributed by atoms with Gasteiger partial charge in [0.2, 0.25) is 0 Å². The van der Waals surface area contributed by atoms with E-state index in [9.17, 15) is 4.79 Å². The van der Waals surface area contributed by atoms with Crippen LogP contribution in [-0.2, 0) is 11.3 Å². The lowest BCUT2D eigenvalue weighted by atomic mass is 10.1. The third-order valence-electron chi connectivity index (χ3n) is 3.68. The minimum Gasteiger partial charge on any atom is -0.445 e. The third-order valence-corrected chi connectivity index (χ3v) is 3.93. The zero-order chi connectivity index (χ0) is 18.2. The molecule has 1 amide bonds. The predicted molar refractivity (Wildman–Crippen MR) is 103 cm³/mol. The normalized spacial score (nSPS) is 10.8.